The van der Waals surface area contributed by atoms with E-state index in [0.29, 0.717) is 28.7 Å². The number of amides is 1. The van der Waals surface area contributed by atoms with Crippen LogP contribution < -0.4 is 23.8 Å². The number of phenolic OH excluding ortho intramolecular Hbond substituents is 1. The molecule has 1 N–H and O–H groups in total. The van der Waals surface area contributed by atoms with Crippen molar-refractivity contribution in [2.45, 2.75) is 13.0 Å². The van der Waals surface area contributed by atoms with Crippen molar-refractivity contribution < 1.29 is 28.8 Å². The smallest absolute Gasteiger partial charge is 0.232 e. The third-order valence-electron chi connectivity index (χ3n) is 4.85. The van der Waals surface area contributed by atoms with Crippen molar-refractivity contribution in [3.63, 3.8) is 0 Å². The first-order valence-corrected chi connectivity index (χ1v) is 8.46. The van der Waals surface area contributed by atoms with Crippen LogP contribution in [-0.2, 0) is 4.79 Å². The Kier molecular flexibility index (Phi) is 5.03. The molecule has 0 saturated carbocycles. The Hall–Kier alpha value is -3.09. The molecule has 1 aliphatic heterocycles. The number of hydrogen-bond acceptors (Lipinski definition) is 6. The summed E-state index contributed by atoms with van der Waals surface area (Å²) < 4.78 is 21.2. The zero-order chi connectivity index (χ0) is 19.7. The molecule has 1 heterocycles. The molecule has 7 nitrogen and oxygen atoms in total. The second kappa shape index (κ2) is 7.26. The van der Waals surface area contributed by atoms with Crippen LogP contribution in [-0.4, -0.2) is 39.5 Å². The van der Waals surface area contributed by atoms with Crippen molar-refractivity contribution in [1.29, 1.82) is 0 Å². The van der Waals surface area contributed by atoms with Gasteiger partial charge >= 0.3 is 0 Å². The van der Waals surface area contributed by atoms with Crippen LogP contribution in [0.25, 0.3) is 0 Å². The highest BCUT2D eigenvalue weighted by atomic mass is 16.5. The molecule has 0 aliphatic carbocycles. The van der Waals surface area contributed by atoms with E-state index in [-0.39, 0.29) is 23.6 Å². The van der Waals surface area contributed by atoms with Gasteiger partial charge in [0.25, 0.3) is 0 Å². The zero-order valence-corrected chi connectivity index (χ0v) is 16.0. The van der Waals surface area contributed by atoms with Crippen LogP contribution >= 0.6 is 0 Å². The van der Waals surface area contributed by atoms with E-state index in [2.05, 4.69) is 0 Å². The predicted molar refractivity (Wildman–Crippen MR) is 100 cm³/mol. The number of benzene rings is 2. The van der Waals surface area contributed by atoms with E-state index in [9.17, 15) is 9.90 Å². The number of carbonyl (C=O) groups is 1. The van der Waals surface area contributed by atoms with Crippen LogP contribution in [0.3, 0.4) is 0 Å². The SMILES string of the molecule is COc1ccc(C2[C@@H](C)C(=O)N2c2cc(OC)c(OC)c(OC)c2)cc1O. The summed E-state index contributed by atoms with van der Waals surface area (Å²) in [5.74, 6) is 1.57. The maximum absolute atomic E-state index is 12.6. The fourth-order valence-corrected chi connectivity index (χ4v) is 3.46. The van der Waals surface area contributed by atoms with Crippen LogP contribution in [0, 0.1) is 5.92 Å². The van der Waals surface area contributed by atoms with Gasteiger partial charge in [0.2, 0.25) is 11.7 Å². The molecular weight excluding hydrogens is 350 g/mol. The Balaban J connectivity index is 2.05. The molecule has 2 atom stereocenters. The maximum atomic E-state index is 12.6. The first-order valence-electron chi connectivity index (χ1n) is 8.46. The Bertz CT molecular complexity index is 841. The minimum atomic E-state index is -0.225. The minimum absolute atomic E-state index is 0.0235. The van der Waals surface area contributed by atoms with E-state index < -0.39 is 0 Å². The van der Waals surface area contributed by atoms with E-state index in [1.807, 2.05) is 13.0 Å². The summed E-state index contributed by atoms with van der Waals surface area (Å²) in [5, 5.41) is 10.1. The maximum Gasteiger partial charge on any atom is 0.232 e. The molecule has 1 fully saturated rings. The second-order valence-corrected chi connectivity index (χ2v) is 6.26. The highest BCUT2D eigenvalue weighted by Crippen LogP contribution is 2.49. The fourth-order valence-electron chi connectivity index (χ4n) is 3.46. The summed E-state index contributed by atoms with van der Waals surface area (Å²) in [7, 11) is 6.08. The molecule has 144 valence electrons. The van der Waals surface area contributed by atoms with Crippen molar-refractivity contribution in [2.75, 3.05) is 33.3 Å². The highest BCUT2D eigenvalue weighted by molar-refractivity contribution is 6.03. The number of ether oxygens (including phenoxy) is 4. The van der Waals surface area contributed by atoms with Crippen LogP contribution in [0.2, 0.25) is 0 Å². The second-order valence-electron chi connectivity index (χ2n) is 6.26. The van der Waals surface area contributed by atoms with E-state index in [1.165, 1.54) is 28.4 Å². The molecule has 2 aromatic rings. The summed E-state index contributed by atoms with van der Waals surface area (Å²) in [6.07, 6.45) is 0. The molecular formula is C20H23NO6. The molecule has 27 heavy (non-hydrogen) atoms. The van der Waals surface area contributed by atoms with Crippen LogP contribution in [0.4, 0.5) is 5.69 Å². The molecule has 1 aliphatic rings. The lowest BCUT2D eigenvalue weighted by atomic mass is 9.83. The molecule has 0 radical (unpaired) electrons. The van der Waals surface area contributed by atoms with Crippen molar-refractivity contribution in [1.82, 2.24) is 0 Å². The number of hydrogen-bond donors (Lipinski definition) is 1. The van der Waals surface area contributed by atoms with Gasteiger partial charge < -0.3 is 29.0 Å². The number of β-lactam (4-membered cyclic amide) rings is 1. The molecule has 7 heteroatoms. The molecule has 1 amide bonds. The Labute approximate surface area is 158 Å². The number of aromatic hydroxyl groups is 1. The van der Waals surface area contributed by atoms with Crippen molar-refractivity contribution in [2.24, 2.45) is 5.92 Å². The van der Waals surface area contributed by atoms with Gasteiger partial charge in [-0.2, -0.15) is 0 Å². The normalized spacial score (nSPS) is 18.7. The molecule has 0 aromatic heterocycles. The lowest BCUT2D eigenvalue weighted by Crippen LogP contribution is -2.54. The van der Waals surface area contributed by atoms with Gasteiger partial charge in [-0.3, -0.25) is 4.79 Å². The number of anilines is 1. The lowest BCUT2D eigenvalue weighted by molar-refractivity contribution is -0.129. The molecule has 1 saturated heterocycles. The van der Waals surface area contributed by atoms with Gasteiger partial charge in [-0.05, 0) is 17.7 Å². The molecule has 1 unspecified atom stereocenters. The summed E-state index contributed by atoms with van der Waals surface area (Å²) in [6.45, 7) is 1.86. The zero-order valence-electron chi connectivity index (χ0n) is 16.0. The first-order chi connectivity index (χ1) is 13.0. The van der Waals surface area contributed by atoms with Gasteiger partial charge in [-0.1, -0.05) is 13.0 Å². The van der Waals surface area contributed by atoms with Crippen LogP contribution in [0.5, 0.6) is 28.7 Å². The standard InChI is InChI=1S/C20H23NO6/c1-11-18(12-6-7-15(24-2)14(22)8-12)21(20(11)23)13-9-16(25-3)19(27-5)17(10-13)26-4/h6-11,18,22H,1-5H3/t11-,18?/m1/s1. The van der Waals surface area contributed by atoms with Gasteiger partial charge in [0, 0.05) is 12.1 Å². The average Bonchev–Trinajstić information content (AvgIpc) is 2.69. The number of nitrogens with zero attached hydrogens (tertiary/aromatic N) is 1. The Morgan fingerprint density at radius 2 is 1.48 bits per heavy atom. The third-order valence-corrected chi connectivity index (χ3v) is 4.85. The van der Waals surface area contributed by atoms with Gasteiger partial charge in [-0.15, -0.1) is 0 Å². The van der Waals surface area contributed by atoms with Gasteiger partial charge in [0.05, 0.1) is 46.1 Å². The fraction of sp³-hybridized carbons (Fsp3) is 0.350. The molecule has 3 rings (SSSR count). The van der Waals surface area contributed by atoms with Crippen LogP contribution in [0.1, 0.15) is 18.5 Å². The summed E-state index contributed by atoms with van der Waals surface area (Å²) in [5.41, 5.74) is 1.45. The predicted octanol–water partition coefficient (Wildman–Crippen LogP) is 3.15. The Morgan fingerprint density at radius 3 is 1.96 bits per heavy atom. The quantitative estimate of drug-likeness (QED) is 0.784. The van der Waals surface area contributed by atoms with Crippen molar-refractivity contribution in [3.05, 3.63) is 35.9 Å². The van der Waals surface area contributed by atoms with Gasteiger partial charge in [0.15, 0.2) is 23.0 Å². The number of methoxy groups -OCH3 is 4. The first kappa shape index (κ1) is 18.7. The van der Waals surface area contributed by atoms with Crippen LogP contribution in [0.15, 0.2) is 30.3 Å². The van der Waals surface area contributed by atoms with E-state index in [1.54, 1.807) is 29.2 Å². The van der Waals surface area contributed by atoms with E-state index >= 15 is 0 Å². The minimum Gasteiger partial charge on any atom is -0.504 e. The summed E-state index contributed by atoms with van der Waals surface area (Å²) >= 11 is 0. The van der Waals surface area contributed by atoms with Gasteiger partial charge in [-0.25, -0.2) is 0 Å². The van der Waals surface area contributed by atoms with Crippen molar-refractivity contribution in [3.8, 4) is 28.7 Å². The highest BCUT2D eigenvalue weighted by Gasteiger charge is 2.46. The average molecular weight is 373 g/mol. The monoisotopic (exact) mass is 373 g/mol. The van der Waals surface area contributed by atoms with Gasteiger partial charge in [0.1, 0.15) is 0 Å². The Morgan fingerprint density at radius 1 is 0.889 bits per heavy atom. The molecule has 0 bridgehead atoms. The summed E-state index contributed by atoms with van der Waals surface area (Å²) in [6, 6.07) is 8.41. The van der Waals surface area contributed by atoms with Crippen molar-refractivity contribution >= 4 is 11.6 Å². The molecule has 0 spiro atoms. The van der Waals surface area contributed by atoms with E-state index in [0.717, 1.165) is 5.56 Å². The van der Waals surface area contributed by atoms with E-state index in [4.69, 9.17) is 18.9 Å². The topological polar surface area (TPSA) is 77.5 Å². The summed E-state index contributed by atoms with van der Waals surface area (Å²) in [4.78, 5) is 14.3. The number of carbonyl (C=O) groups excluding carboxylic acids is 1. The third kappa shape index (κ3) is 2.99. The molecule has 2 aromatic carbocycles. The lowest BCUT2D eigenvalue weighted by Gasteiger charge is -2.46. The number of rotatable bonds is 6. The largest absolute Gasteiger partial charge is 0.504 e. The number of phenols is 1.